The van der Waals surface area contributed by atoms with Gasteiger partial charge in [0.1, 0.15) is 15.7 Å². The summed E-state index contributed by atoms with van der Waals surface area (Å²) < 4.78 is 30.4. The Kier molecular flexibility index (Phi) is 5.29. The summed E-state index contributed by atoms with van der Waals surface area (Å²) in [5.74, 6) is -0.0738. The van der Waals surface area contributed by atoms with Gasteiger partial charge in [-0.15, -0.1) is 11.3 Å². The first-order valence-electron chi connectivity index (χ1n) is 8.10. The molecule has 0 aliphatic heterocycles. The molecule has 1 N–H and O–H groups in total. The molecule has 2 aromatic carbocycles. The van der Waals surface area contributed by atoms with Crippen molar-refractivity contribution in [1.29, 1.82) is 0 Å². The van der Waals surface area contributed by atoms with Gasteiger partial charge in [-0.2, -0.15) is 8.42 Å². The molecular formula is C19H18N2O4S2. The van der Waals surface area contributed by atoms with Crippen LogP contribution in [-0.4, -0.2) is 19.3 Å². The van der Waals surface area contributed by atoms with Gasteiger partial charge in [0, 0.05) is 29.2 Å². The topological polar surface area (TPSA) is 85.4 Å². The molecular weight excluding hydrogens is 384 g/mol. The summed E-state index contributed by atoms with van der Waals surface area (Å²) in [5, 5.41) is 5.43. The maximum Gasteiger partial charge on any atom is 0.339 e. The van der Waals surface area contributed by atoms with E-state index in [1.807, 2.05) is 12.3 Å². The van der Waals surface area contributed by atoms with Crippen molar-refractivity contribution in [2.24, 2.45) is 0 Å². The Morgan fingerprint density at radius 3 is 2.41 bits per heavy atom. The fraction of sp³-hybridized carbons (Fsp3) is 0.158. The number of amides is 1. The van der Waals surface area contributed by atoms with Crippen LogP contribution in [-0.2, 0) is 14.9 Å². The van der Waals surface area contributed by atoms with Gasteiger partial charge in [0.15, 0.2) is 0 Å². The van der Waals surface area contributed by atoms with Crippen LogP contribution in [0.4, 0.5) is 5.69 Å². The second kappa shape index (κ2) is 7.50. The SMILES string of the molecule is CC(=O)Nc1cc(S(=O)(=O)Oc2ccc(-c3nc(C)cs3)cc2)ccc1C. The molecule has 1 aromatic heterocycles. The molecule has 3 aromatic rings. The van der Waals surface area contributed by atoms with Gasteiger partial charge in [-0.25, -0.2) is 4.98 Å². The summed E-state index contributed by atoms with van der Waals surface area (Å²) in [6, 6.07) is 11.2. The fourth-order valence-corrected chi connectivity index (χ4v) is 4.16. The molecule has 3 rings (SSSR count). The number of aromatic nitrogens is 1. The quantitative estimate of drug-likeness (QED) is 0.648. The third-order valence-electron chi connectivity index (χ3n) is 3.73. The highest BCUT2D eigenvalue weighted by Crippen LogP contribution is 2.28. The smallest absolute Gasteiger partial charge is 0.339 e. The number of hydrogen-bond donors (Lipinski definition) is 1. The number of rotatable bonds is 5. The first-order valence-corrected chi connectivity index (χ1v) is 10.4. The third-order valence-corrected chi connectivity index (χ3v) is 5.99. The Balaban J connectivity index is 1.83. The van der Waals surface area contributed by atoms with E-state index in [2.05, 4.69) is 10.3 Å². The minimum atomic E-state index is -4.03. The van der Waals surface area contributed by atoms with Crippen LogP contribution in [0.25, 0.3) is 10.6 Å². The summed E-state index contributed by atoms with van der Waals surface area (Å²) in [5.41, 5.74) is 3.02. The monoisotopic (exact) mass is 402 g/mol. The van der Waals surface area contributed by atoms with E-state index in [1.54, 1.807) is 37.3 Å². The molecule has 1 heterocycles. The second-order valence-electron chi connectivity index (χ2n) is 6.01. The number of hydrogen-bond acceptors (Lipinski definition) is 6. The van der Waals surface area contributed by atoms with Crippen molar-refractivity contribution >= 4 is 33.0 Å². The summed E-state index contributed by atoms with van der Waals surface area (Å²) in [7, 11) is -4.03. The zero-order valence-electron chi connectivity index (χ0n) is 15.0. The summed E-state index contributed by atoms with van der Waals surface area (Å²) in [6.07, 6.45) is 0. The van der Waals surface area contributed by atoms with Gasteiger partial charge >= 0.3 is 10.1 Å². The van der Waals surface area contributed by atoms with Crippen LogP contribution < -0.4 is 9.50 Å². The van der Waals surface area contributed by atoms with Crippen LogP contribution >= 0.6 is 11.3 Å². The molecule has 140 valence electrons. The molecule has 8 heteroatoms. The predicted octanol–water partition coefficient (Wildman–Crippen LogP) is 4.15. The largest absolute Gasteiger partial charge is 0.379 e. The number of nitrogens with zero attached hydrogens (tertiary/aromatic N) is 1. The van der Waals surface area contributed by atoms with Crippen molar-refractivity contribution in [3.63, 3.8) is 0 Å². The lowest BCUT2D eigenvalue weighted by atomic mass is 10.2. The standard InChI is InChI=1S/C19H18N2O4S2/c1-12-4-9-17(10-18(12)21-14(3)22)27(23,24)25-16-7-5-15(6-8-16)19-20-13(2)11-26-19/h4-11H,1-3H3,(H,21,22). The zero-order valence-corrected chi connectivity index (χ0v) is 16.6. The molecule has 1 amide bonds. The van der Waals surface area contributed by atoms with E-state index < -0.39 is 10.1 Å². The Bertz CT molecular complexity index is 1090. The molecule has 0 aliphatic rings. The Morgan fingerprint density at radius 2 is 1.81 bits per heavy atom. The van der Waals surface area contributed by atoms with Gasteiger partial charge in [0.25, 0.3) is 0 Å². The van der Waals surface area contributed by atoms with Crippen molar-refractivity contribution in [3.05, 3.63) is 59.1 Å². The maximum atomic E-state index is 12.6. The van der Waals surface area contributed by atoms with E-state index in [-0.39, 0.29) is 16.6 Å². The molecule has 0 saturated heterocycles. The van der Waals surface area contributed by atoms with E-state index in [9.17, 15) is 13.2 Å². The van der Waals surface area contributed by atoms with E-state index in [0.717, 1.165) is 21.8 Å². The van der Waals surface area contributed by atoms with E-state index >= 15 is 0 Å². The van der Waals surface area contributed by atoms with Crippen LogP contribution in [0.15, 0.2) is 52.7 Å². The number of aryl methyl sites for hydroxylation is 2. The van der Waals surface area contributed by atoms with Crippen molar-refractivity contribution in [3.8, 4) is 16.3 Å². The molecule has 27 heavy (non-hydrogen) atoms. The molecule has 0 radical (unpaired) electrons. The molecule has 0 spiro atoms. The number of carbonyl (C=O) groups is 1. The summed E-state index contributed by atoms with van der Waals surface area (Å²) >= 11 is 1.52. The van der Waals surface area contributed by atoms with Crippen LogP contribution in [0.3, 0.4) is 0 Å². The van der Waals surface area contributed by atoms with Gasteiger partial charge in [0.05, 0.1) is 0 Å². The minimum absolute atomic E-state index is 0.0310. The maximum absolute atomic E-state index is 12.6. The van der Waals surface area contributed by atoms with Gasteiger partial charge in [-0.1, -0.05) is 6.07 Å². The van der Waals surface area contributed by atoms with Gasteiger partial charge in [0.2, 0.25) is 5.91 Å². The lowest BCUT2D eigenvalue weighted by Gasteiger charge is -2.11. The predicted molar refractivity (Wildman–Crippen MR) is 106 cm³/mol. The molecule has 0 unspecified atom stereocenters. The lowest BCUT2D eigenvalue weighted by Crippen LogP contribution is -2.12. The third kappa shape index (κ3) is 4.53. The molecule has 0 bridgehead atoms. The molecule has 0 fully saturated rings. The van der Waals surface area contributed by atoms with E-state index in [1.165, 1.54) is 30.4 Å². The molecule has 0 aliphatic carbocycles. The normalized spacial score (nSPS) is 11.2. The van der Waals surface area contributed by atoms with Crippen molar-refractivity contribution in [2.75, 3.05) is 5.32 Å². The minimum Gasteiger partial charge on any atom is -0.379 e. The molecule has 0 saturated carbocycles. The van der Waals surface area contributed by atoms with Crippen LogP contribution in [0.5, 0.6) is 5.75 Å². The van der Waals surface area contributed by atoms with Crippen LogP contribution in [0.2, 0.25) is 0 Å². The number of thiazole rings is 1. The number of benzene rings is 2. The number of carbonyl (C=O) groups excluding carboxylic acids is 1. The number of anilines is 1. The first kappa shape index (κ1) is 19.1. The Morgan fingerprint density at radius 1 is 1.11 bits per heavy atom. The second-order valence-corrected chi connectivity index (χ2v) is 8.42. The van der Waals surface area contributed by atoms with E-state index in [4.69, 9.17) is 4.18 Å². The molecule has 0 atom stereocenters. The highest BCUT2D eigenvalue weighted by Gasteiger charge is 2.18. The fourth-order valence-electron chi connectivity index (χ4n) is 2.40. The number of nitrogens with one attached hydrogen (secondary N) is 1. The van der Waals surface area contributed by atoms with Gasteiger partial charge in [-0.3, -0.25) is 4.79 Å². The molecule has 6 nitrogen and oxygen atoms in total. The van der Waals surface area contributed by atoms with Crippen LogP contribution in [0, 0.1) is 13.8 Å². The average molecular weight is 402 g/mol. The van der Waals surface area contributed by atoms with Crippen LogP contribution in [0.1, 0.15) is 18.2 Å². The Hall–Kier alpha value is -2.71. The van der Waals surface area contributed by atoms with E-state index in [0.29, 0.717) is 5.69 Å². The highest BCUT2D eigenvalue weighted by molar-refractivity contribution is 7.87. The first-order chi connectivity index (χ1) is 12.7. The summed E-state index contributed by atoms with van der Waals surface area (Å²) in [4.78, 5) is 15.6. The van der Waals surface area contributed by atoms with Gasteiger partial charge < -0.3 is 9.50 Å². The van der Waals surface area contributed by atoms with Crippen molar-refractivity contribution in [1.82, 2.24) is 4.98 Å². The van der Waals surface area contributed by atoms with Gasteiger partial charge in [-0.05, 0) is 55.8 Å². The van der Waals surface area contributed by atoms with Crippen molar-refractivity contribution < 1.29 is 17.4 Å². The summed E-state index contributed by atoms with van der Waals surface area (Å²) in [6.45, 7) is 5.06. The highest BCUT2D eigenvalue weighted by atomic mass is 32.2. The zero-order chi connectivity index (χ0) is 19.6. The average Bonchev–Trinajstić information content (AvgIpc) is 3.03. The van der Waals surface area contributed by atoms with Crippen molar-refractivity contribution in [2.45, 2.75) is 25.7 Å². The lowest BCUT2D eigenvalue weighted by molar-refractivity contribution is -0.114. The Labute approximate surface area is 162 Å².